The van der Waals surface area contributed by atoms with Gasteiger partial charge in [0.2, 0.25) is 0 Å². The number of benzene rings is 3. The van der Waals surface area contributed by atoms with Crippen LogP contribution in [0.5, 0.6) is 5.75 Å². The molecule has 3 N–H and O–H groups in total. The third-order valence-electron chi connectivity index (χ3n) is 7.59. The van der Waals surface area contributed by atoms with Crippen molar-refractivity contribution >= 4 is 33.5 Å². The van der Waals surface area contributed by atoms with E-state index in [2.05, 4.69) is 51.0 Å². The first-order valence-corrected chi connectivity index (χ1v) is 13.9. The Balaban J connectivity index is 1.34. The second-order valence-electron chi connectivity index (χ2n) is 10.3. The minimum absolute atomic E-state index is 0.145. The molecule has 6 rings (SSSR count). The molecule has 3 heterocycles. The van der Waals surface area contributed by atoms with Crippen molar-refractivity contribution in [1.82, 2.24) is 19.7 Å². The topological polar surface area (TPSA) is 116 Å². The summed E-state index contributed by atoms with van der Waals surface area (Å²) in [6.45, 7) is 4.85. The summed E-state index contributed by atoms with van der Waals surface area (Å²) >= 11 is 0. The minimum Gasteiger partial charge on any atom is -0.487 e. The van der Waals surface area contributed by atoms with Gasteiger partial charge in [0.1, 0.15) is 23.9 Å². The highest BCUT2D eigenvalue weighted by Gasteiger charge is 2.30. The Labute approximate surface area is 238 Å². The number of likely N-dealkylation sites (tertiary alicyclic amines) is 1. The summed E-state index contributed by atoms with van der Waals surface area (Å²) < 4.78 is 13.5. The van der Waals surface area contributed by atoms with Crippen LogP contribution in [0.1, 0.15) is 24.2 Å². The van der Waals surface area contributed by atoms with Crippen molar-refractivity contribution < 1.29 is 19.4 Å². The van der Waals surface area contributed by atoms with Crippen molar-refractivity contribution in [3.63, 3.8) is 0 Å². The Bertz CT molecular complexity index is 1710. The molecule has 1 saturated heterocycles. The van der Waals surface area contributed by atoms with Crippen LogP contribution in [0.15, 0.2) is 72.9 Å². The highest BCUT2D eigenvalue weighted by atomic mass is 16.5. The maximum Gasteiger partial charge on any atom is 0.310 e. The lowest BCUT2D eigenvalue weighted by molar-refractivity contribution is -0.142. The molecule has 0 aliphatic carbocycles. The maximum absolute atomic E-state index is 12.2. The van der Waals surface area contributed by atoms with Crippen molar-refractivity contribution in [3.8, 4) is 16.9 Å². The van der Waals surface area contributed by atoms with Crippen LogP contribution in [-0.2, 0) is 22.6 Å². The molecule has 9 heteroatoms. The second kappa shape index (κ2) is 11.6. The van der Waals surface area contributed by atoms with Gasteiger partial charge in [0.05, 0.1) is 31.2 Å². The van der Waals surface area contributed by atoms with Crippen LogP contribution in [0.2, 0.25) is 0 Å². The zero-order chi connectivity index (χ0) is 28.3. The number of nitrogens with two attached hydrogens (primary N) is 1. The predicted molar refractivity (Wildman–Crippen MR) is 159 cm³/mol. The number of aliphatic hydroxyl groups is 1. The Kier molecular flexibility index (Phi) is 7.54. The number of hydrogen-bond acceptors (Lipinski definition) is 8. The Morgan fingerprint density at radius 3 is 2.63 bits per heavy atom. The molecular formula is C32H33N5O4. The summed E-state index contributed by atoms with van der Waals surface area (Å²) in [7, 11) is 0. The van der Waals surface area contributed by atoms with E-state index in [9.17, 15) is 9.90 Å². The smallest absolute Gasteiger partial charge is 0.310 e. The molecule has 0 spiro atoms. The van der Waals surface area contributed by atoms with Crippen LogP contribution in [-0.4, -0.2) is 63.6 Å². The van der Waals surface area contributed by atoms with Crippen LogP contribution >= 0.6 is 0 Å². The summed E-state index contributed by atoms with van der Waals surface area (Å²) in [5, 5.41) is 17.3. The molecule has 210 valence electrons. The molecule has 1 aliphatic heterocycles. The molecule has 0 bridgehead atoms. The molecule has 0 saturated carbocycles. The lowest BCUT2D eigenvalue weighted by Gasteiger charge is -2.39. The van der Waals surface area contributed by atoms with Crippen molar-refractivity contribution in [2.45, 2.75) is 26.0 Å². The van der Waals surface area contributed by atoms with Gasteiger partial charge < -0.3 is 20.3 Å². The molecule has 1 fully saturated rings. The van der Waals surface area contributed by atoms with Gasteiger partial charge in [0.15, 0.2) is 0 Å². The van der Waals surface area contributed by atoms with Crippen molar-refractivity contribution in [2.75, 3.05) is 38.6 Å². The number of aromatic nitrogens is 3. The van der Waals surface area contributed by atoms with Gasteiger partial charge in [-0.1, -0.05) is 36.4 Å². The number of pyridine rings is 1. The molecule has 3 aromatic carbocycles. The van der Waals surface area contributed by atoms with E-state index >= 15 is 0 Å². The number of ether oxygens (including phenoxy) is 2. The van der Waals surface area contributed by atoms with E-state index in [1.54, 1.807) is 13.1 Å². The predicted octanol–water partition coefficient (Wildman–Crippen LogP) is 4.37. The summed E-state index contributed by atoms with van der Waals surface area (Å²) in [6.07, 6.45) is 1.86. The minimum atomic E-state index is -0.286. The van der Waals surface area contributed by atoms with Crippen LogP contribution in [0.25, 0.3) is 32.8 Å². The lowest BCUT2D eigenvalue weighted by Crippen LogP contribution is -2.48. The highest BCUT2D eigenvalue weighted by molar-refractivity contribution is 5.95. The summed E-state index contributed by atoms with van der Waals surface area (Å²) in [4.78, 5) is 18.6. The monoisotopic (exact) mass is 551 g/mol. The number of nitrogen functional groups attached to an aromatic ring is 1. The molecule has 41 heavy (non-hydrogen) atoms. The second-order valence-corrected chi connectivity index (χ2v) is 10.3. The lowest BCUT2D eigenvalue weighted by atomic mass is 10.00. The first-order valence-electron chi connectivity index (χ1n) is 13.9. The number of rotatable bonds is 10. The van der Waals surface area contributed by atoms with E-state index in [1.807, 2.05) is 30.3 Å². The zero-order valence-corrected chi connectivity index (χ0v) is 23.0. The Hall–Kier alpha value is -4.47. The summed E-state index contributed by atoms with van der Waals surface area (Å²) in [5.41, 5.74) is 10.9. The van der Waals surface area contributed by atoms with E-state index in [0.29, 0.717) is 24.7 Å². The maximum atomic E-state index is 12.2. The van der Waals surface area contributed by atoms with Gasteiger partial charge in [-0.3, -0.25) is 14.4 Å². The van der Waals surface area contributed by atoms with Crippen molar-refractivity contribution in [2.24, 2.45) is 0 Å². The van der Waals surface area contributed by atoms with Gasteiger partial charge in [-0.05, 0) is 53.8 Å². The number of β-amino-alcohol motifs (C(OH)–C–C–N with tert-alkyl or cyclic N) is 1. The fraction of sp³-hybridized carbons (Fsp3) is 0.281. The first-order chi connectivity index (χ1) is 20.0. The van der Waals surface area contributed by atoms with E-state index in [0.717, 1.165) is 57.1 Å². The Morgan fingerprint density at radius 2 is 1.83 bits per heavy atom. The van der Waals surface area contributed by atoms with Gasteiger partial charge in [-0.2, -0.15) is 5.10 Å². The molecule has 9 nitrogen and oxygen atoms in total. The standard InChI is InChI=1S/C32H33N5O4/c1-2-40-31(39)17-24-5-3-4-6-30(24)41-20-28-27-16-23(22-8-7-21-11-12-34-32(33)26(21)15-22)9-10-29(27)37(35-28)25-18-36(19-25)13-14-38/h3-12,15-16,25,38H,2,13-14,17-20H2,1H3,(H2,33,34). The van der Waals surface area contributed by atoms with Crippen molar-refractivity contribution in [1.29, 1.82) is 0 Å². The molecular weight excluding hydrogens is 518 g/mol. The number of esters is 1. The number of nitrogens with zero attached hydrogens (tertiary/aromatic N) is 4. The van der Waals surface area contributed by atoms with E-state index in [1.165, 1.54) is 0 Å². The largest absolute Gasteiger partial charge is 0.487 e. The average Bonchev–Trinajstić information content (AvgIpc) is 3.31. The molecule has 5 aromatic rings. The van der Waals surface area contributed by atoms with Gasteiger partial charge in [-0.15, -0.1) is 0 Å². The average molecular weight is 552 g/mol. The molecule has 0 unspecified atom stereocenters. The third-order valence-corrected chi connectivity index (χ3v) is 7.59. The highest BCUT2D eigenvalue weighted by Crippen LogP contribution is 2.33. The van der Waals surface area contributed by atoms with Gasteiger partial charge in [0.25, 0.3) is 0 Å². The third kappa shape index (κ3) is 5.46. The van der Waals surface area contributed by atoms with Crippen molar-refractivity contribution in [3.05, 3.63) is 84.2 Å². The van der Waals surface area contributed by atoms with Crippen LogP contribution in [0.4, 0.5) is 5.82 Å². The number of aliphatic hydroxyl groups excluding tert-OH is 1. The number of para-hydroxylation sites is 1. The van der Waals surface area contributed by atoms with E-state index in [-0.39, 0.29) is 31.6 Å². The fourth-order valence-corrected chi connectivity index (χ4v) is 5.47. The molecule has 0 amide bonds. The normalized spacial score (nSPS) is 13.9. The van der Waals surface area contributed by atoms with Crippen LogP contribution < -0.4 is 10.5 Å². The first kappa shape index (κ1) is 26.7. The summed E-state index contributed by atoms with van der Waals surface area (Å²) in [5.74, 6) is 0.854. The van der Waals surface area contributed by atoms with Crippen LogP contribution in [0, 0.1) is 0 Å². The molecule has 0 atom stereocenters. The van der Waals surface area contributed by atoms with Gasteiger partial charge in [-0.25, -0.2) is 4.98 Å². The van der Waals surface area contributed by atoms with E-state index in [4.69, 9.17) is 20.3 Å². The quantitative estimate of drug-likeness (QED) is 0.246. The molecule has 0 radical (unpaired) electrons. The van der Waals surface area contributed by atoms with Gasteiger partial charge >= 0.3 is 5.97 Å². The number of fused-ring (bicyclic) bond motifs is 2. The van der Waals surface area contributed by atoms with E-state index < -0.39 is 0 Å². The van der Waals surface area contributed by atoms with Gasteiger partial charge in [0, 0.05) is 42.2 Å². The molecule has 2 aromatic heterocycles. The SMILES string of the molecule is CCOC(=O)Cc1ccccc1OCc1nn(C2CN(CCO)C2)c2ccc(-c3ccc4ccnc(N)c4c3)cc12. The number of anilines is 1. The fourth-order valence-electron chi connectivity index (χ4n) is 5.47. The zero-order valence-electron chi connectivity index (χ0n) is 23.0. The number of carbonyl (C=O) groups is 1. The molecule has 1 aliphatic rings. The summed E-state index contributed by atoms with van der Waals surface area (Å²) in [6, 6.07) is 22.3. The Morgan fingerprint density at radius 1 is 1.05 bits per heavy atom. The number of carbonyl (C=O) groups excluding carboxylic acids is 1. The van der Waals surface area contributed by atoms with Crippen LogP contribution in [0.3, 0.4) is 0 Å². The number of hydrogen-bond donors (Lipinski definition) is 2.